The smallest absolute Gasteiger partial charge is 0.265 e. The number of ether oxygens (including phenoxy) is 2. The zero-order valence-electron chi connectivity index (χ0n) is 18.2. The third kappa shape index (κ3) is 6.08. The molecule has 0 spiro atoms. The topological polar surface area (TPSA) is 97.0 Å². The summed E-state index contributed by atoms with van der Waals surface area (Å²) in [5.41, 5.74) is 2.29. The van der Waals surface area contributed by atoms with Crippen LogP contribution < -0.4 is 20.1 Å². The number of aryl methyl sites for hydroxylation is 1. The molecule has 0 bridgehead atoms. The van der Waals surface area contributed by atoms with Crippen LogP contribution in [-0.2, 0) is 14.4 Å². The molecule has 1 aliphatic rings. The second-order valence-corrected chi connectivity index (χ2v) is 8.70. The molecule has 0 aliphatic carbocycles. The molecule has 1 fully saturated rings. The van der Waals surface area contributed by atoms with Crippen molar-refractivity contribution >= 4 is 69.4 Å². The number of nitrogens with zero attached hydrogens (tertiary/aromatic N) is 1. The van der Waals surface area contributed by atoms with Gasteiger partial charge in [0.2, 0.25) is 0 Å². The van der Waals surface area contributed by atoms with Crippen LogP contribution in [0, 0.1) is 10.5 Å². The molecule has 1 aliphatic heterocycles. The molecule has 33 heavy (non-hydrogen) atoms. The average molecular weight is 579 g/mol. The van der Waals surface area contributed by atoms with Gasteiger partial charge in [-0.15, -0.1) is 0 Å². The molecule has 0 saturated carbocycles. The maximum Gasteiger partial charge on any atom is 0.265 e. The Kier molecular flexibility index (Phi) is 8.03. The Bertz CT molecular complexity index is 1150. The molecule has 10 heteroatoms. The van der Waals surface area contributed by atoms with Gasteiger partial charge in [0.25, 0.3) is 17.7 Å². The number of hydrogen-bond acceptors (Lipinski definition) is 6. The molecule has 0 unspecified atom stereocenters. The minimum Gasteiger partial charge on any atom is -0.490 e. The molecule has 0 aromatic heterocycles. The predicted octanol–water partition coefficient (Wildman–Crippen LogP) is 3.27. The van der Waals surface area contributed by atoms with Gasteiger partial charge >= 0.3 is 0 Å². The Hall–Kier alpha value is -2.99. The lowest BCUT2D eigenvalue weighted by Crippen LogP contribution is -2.52. The van der Waals surface area contributed by atoms with Crippen LogP contribution in [0.15, 0.2) is 42.0 Å². The third-order valence-electron chi connectivity index (χ3n) is 4.63. The summed E-state index contributed by atoms with van der Waals surface area (Å²) in [6, 6.07) is 10.8. The van der Waals surface area contributed by atoms with Gasteiger partial charge in [0.1, 0.15) is 5.57 Å². The van der Waals surface area contributed by atoms with Crippen LogP contribution in [0.25, 0.3) is 6.08 Å². The van der Waals surface area contributed by atoms with Gasteiger partial charge in [0.15, 0.2) is 23.2 Å². The van der Waals surface area contributed by atoms with Gasteiger partial charge in [-0.2, -0.15) is 0 Å². The first-order valence-corrected chi connectivity index (χ1v) is 11.5. The van der Waals surface area contributed by atoms with Crippen molar-refractivity contribution in [1.29, 1.82) is 0 Å². The molecular weight excluding hydrogens is 557 g/mol. The van der Waals surface area contributed by atoms with E-state index in [0.29, 0.717) is 32.9 Å². The number of carbonyl (C=O) groups is 3. The molecule has 0 atom stereocenters. The van der Waals surface area contributed by atoms with Gasteiger partial charge in [-0.3, -0.25) is 24.6 Å². The summed E-state index contributed by atoms with van der Waals surface area (Å²) in [5, 5.41) is 5.31. The summed E-state index contributed by atoms with van der Waals surface area (Å²) in [7, 11) is 1.49. The van der Waals surface area contributed by atoms with E-state index in [1.807, 2.05) is 38.1 Å². The fraction of sp³-hybridized carbons (Fsp3) is 0.217. The van der Waals surface area contributed by atoms with Gasteiger partial charge in [0.05, 0.1) is 10.2 Å². The highest BCUT2D eigenvalue weighted by molar-refractivity contribution is 14.1. The number of carbonyl (C=O) groups excluding carboxylic acids is 3. The van der Waals surface area contributed by atoms with Crippen molar-refractivity contribution in [3.63, 3.8) is 0 Å². The highest BCUT2D eigenvalue weighted by Crippen LogP contribution is 2.35. The first kappa shape index (κ1) is 24.6. The SMILES string of the molecule is CCOc1cc(/C=C2\C(=O)NC(=S)N(C)C2=O)cc(I)c1OCC(=O)Nc1ccc(C)cc1. The van der Waals surface area contributed by atoms with Crippen LogP contribution in [0.4, 0.5) is 5.69 Å². The van der Waals surface area contributed by atoms with E-state index in [2.05, 4.69) is 33.2 Å². The first-order valence-electron chi connectivity index (χ1n) is 10.00. The van der Waals surface area contributed by atoms with Gasteiger partial charge in [0, 0.05) is 12.7 Å². The van der Waals surface area contributed by atoms with Crippen LogP contribution in [0.5, 0.6) is 11.5 Å². The normalized spacial score (nSPS) is 14.8. The van der Waals surface area contributed by atoms with E-state index in [1.54, 1.807) is 12.1 Å². The van der Waals surface area contributed by atoms with Crippen molar-refractivity contribution in [1.82, 2.24) is 10.2 Å². The van der Waals surface area contributed by atoms with Crippen LogP contribution in [0.2, 0.25) is 0 Å². The maximum atomic E-state index is 12.5. The highest BCUT2D eigenvalue weighted by Gasteiger charge is 2.31. The van der Waals surface area contributed by atoms with Crippen LogP contribution in [-0.4, -0.2) is 48.0 Å². The van der Waals surface area contributed by atoms with Crippen LogP contribution in [0.1, 0.15) is 18.1 Å². The lowest BCUT2D eigenvalue weighted by atomic mass is 10.1. The molecule has 8 nitrogen and oxygen atoms in total. The predicted molar refractivity (Wildman–Crippen MR) is 137 cm³/mol. The van der Waals surface area contributed by atoms with Crippen molar-refractivity contribution in [2.24, 2.45) is 0 Å². The van der Waals surface area contributed by atoms with E-state index >= 15 is 0 Å². The van der Waals surface area contributed by atoms with Gasteiger partial charge in [-0.05, 0) is 84.6 Å². The standard InChI is InChI=1S/C23H22IN3O5S/c1-4-31-18-11-14(9-16-21(29)26-23(33)27(3)22(16)30)10-17(24)20(18)32-12-19(28)25-15-7-5-13(2)6-8-15/h5-11H,4,12H2,1-3H3,(H,25,28)(H,26,29,33)/b16-9+. The molecule has 2 aromatic carbocycles. The molecule has 2 N–H and O–H groups in total. The van der Waals surface area contributed by atoms with E-state index in [4.69, 9.17) is 21.7 Å². The minimum absolute atomic E-state index is 0.0458. The number of hydrogen-bond donors (Lipinski definition) is 2. The van der Waals surface area contributed by atoms with Crippen molar-refractivity contribution in [3.8, 4) is 11.5 Å². The van der Waals surface area contributed by atoms with E-state index in [0.717, 1.165) is 5.56 Å². The zero-order valence-corrected chi connectivity index (χ0v) is 21.2. The quantitative estimate of drug-likeness (QED) is 0.226. The Morgan fingerprint density at radius 1 is 1.21 bits per heavy atom. The van der Waals surface area contributed by atoms with E-state index < -0.39 is 11.8 Å². The summed E-state index contributed by atoms with van der Waals surface area (Å²) in [5.74, 6) is -0.580. The molecule has 3 rings (SSSR count). The zero-order chi connectivity index (χ0) is 24.1. The second-order valence-electron chi connectivity index (χ2n) is 7.15. The lowest BCUT2D eigenvalue weighted by Gasteiger charge is -2.25. The number of halogens is 1. The summed E-state index contributed by atoms with van der Waals surface area (Å²) < 4.78 is 12.1. The third-order valence-corrected chi connectivity index (χ3v) is 5.81. The Labute approximate surface area is 210 Å². The second kappa shape index (κ2) is 10.8. The number of anilines is 1. The summed E-state index contributed by atoms with van der Waals surface area (Å²) >= 11 is 7.02. The van der Waals surface area contributed by atoms with Crippen molar-refractivity contribution in [2.75, 3.05) is 25.6 Å². The minimum atomic E-state index is -0.566. The number of amides is 3. The number of thiocarbonyl (C=S) groups is 1. The Morgan fingerprint density at radius 3 is 2.58 bits per heavy atom. The molecular formula is C23H22IN3O5S. The van der Waals surface area contributed by atoms with Crippen LogP contribution in [0.3, 0.4) is 0 Å². The Morgan fingerprint density at radius 2 is 1.91 bits per heavy atom. The molecule has 172 valence electrons. The van der Waals surface area contributed by atoms with E-state index in [-0.39, 0.29) is 23.2 Å². The average Bonchev–Trinajstić information content (AvgIpc) is 2.76. The van der Waals surface area contributed by atoms with Crippen molar-refractivity contribution < 1.29 is 23.9 Å². The molecule has 1 heterocycles. The van der Waals surface area contributed by atoms with E-state index in [9.17, 15) is 14.4 Å². The molecule has 0 radical (unpaired) electrons. The van der Waals surface area contributed by atoms with E-state index in [1.165, 1.54) is 18.0 Å². The van der Waals surface area contributed by atoms with Crippen molar-refractivity contribution in [2.45, 2.75) is 13.8 Å². The maximum absolute atomic E-state index is 12.5. The first-order chi connectivity index (χ1) is 15.7. The van der Waals surface area contributed by atoms with Gasteiger partial charge in [-0.1, -0.05) is 17.7 Å². The van der Waals surface area contributed by atoms with Gasteiger partial charge < -0.3 is 14.8 Å². The number of nitrogens with one attached hydrogen (secondary N) is 2. The fourth-order valence-electron chi connectivity index (χ4n) is 2.96. The highest BCUT2D eigenvalue weighted by atomic mass is 127. The summed E-state index contributed by atoms with van der Waals surface area (Å²) in [4.78, 5) is 38.2. The van der Waals surface area contributed by atoms with Crippen molar-refractivity contribution in [3.05, 3.63) is 56.7 Å². The summed E-state index contributed by atoms with van der Waals surface area (Å²) in [6.45, 7) is 3.93. The number of likely N-dealkylation sites (N-methyl/N-ethyl adjacent to an activating group) is 1. The molecule has 1 saturated heterocycles. The number of benzene rings is 2. The molecule has 2 aromatic rings. The summed E-state index contributed by atoms with van der Waals surface area (Å²) in [6.07, 6.45) is 1.47. The number of rotatable bonds is 7. The molecule has 3 amide bonds. The lowest BCUT2D eigenvalue weighted by molar-refractivity contribution is -0.128. The van der Waals surface area contributed by atoms with Gasteiger partial charge in [-0.25, -0.2) is 0 Å². The Balaban J connectivity index is 1.80. The fourth-order valence-corrected chi connectivity index (χ4v) is 3.91. The monoisotopic (exact) mass is 579 g/mol. The van der Waals surface area contributed by atoms with Crippen LogP contribution >= 0.6 is 34.8 Å². The largest absolute Gasteiger partial charge is 0.490 e.